The van der Waals surface area contributed by atoms with Crippen molar-refractivity contribution in [2.75, 3.05) is 0 Å². The van der Waals surface area contributed by atoms with Crippen molar-refractivity contribution in [2.24, 2.45) is 0 Å². The van der Waals surface area contributed by atoms with E-state index in [-0.39, 0.29) is 17.5 Å². The zero-order valence-electron chi connectivity index (χ0n) is 13.4. The summed E-state index contributed by atoms with van der Waals surface area (Å²) in [5.74, 6) is -2.84. The minimum absolute atomic E-state index is 0.115. The highest BCUT2D eigenvalue weighted by molar-refractivity contribution is 5.95. The first kappa shape index (κ1) is 17.1. The molecule has 2 aromatic rings. The zero-order chi connectivity index (χ0) is 18.0. The second-order valence-corrected chi connectivity index (χ2v) is 6.26. The molecule has 0 unspecified atom stereocenters. The number of carboxylic acid groups (broad SMARTS) is 1. The van der Waals surface area contributed by atoms with Crippen LogP contribution in [0.1, 0.15) is 40.7 Å². The maximum absolute atomic E-state index is 14.2. The number of halogens is 2. The highest BCUT2D eigenvalue weighted by Gasteiger charge is 2.44. The van der Waals surface area contributed by atoms with E-state index in [2.05, 4.69) is 5.32 Å². The molecular weight excluding hydrogens is 328 g/mol. The molecule has 0 aliphatic heterocycles. The van der Waals surface area contributed by atoms with E-state index in [4.69, 9.17) is 5.11 Å². The van der Waals surface area contributed by atoms with Crippen molar-refractivity contribution in [1.82, 2.24) is 5.32 Å². The summed E-state index contributed by atoms with van der Waals surface area (Å²) in [5, 5.41) is 11.6. The van der Waals surface area contributed by atoms with Crippen molar-refractivity contribution in [2.45, 2.75) is 31.2 Å². The van der Waals surface area contributed by atoms with Crippen LogP contribution in [-0.4, -0.2) is 17.0 Å². The van der Waals surface area contributed by atoms with E-state index >= 15 is 0 Å². The van der Waals surface area contributed by atoms with Gasteiger partial charge in [-0.2, -0.15) is 0 Å². The van der Waals surface area contributed by atoms with E-state index < -0.39 is 29.0 Å². The molecule has 2 N–H and O–H groups in total. The van der Waals surface area contributed by atoms with Crippen LogP contribution >= 0.6 is 0 Å². The number of benzene rings is 2. The van der Waals surface area contributed by atoms with Crippen molar-refractivity contribution >= 4 is 11.9 Å². The number of carboxylic acids is 1. The minimum Gasteiger partial charge on any atom is -0.481 e. The number of aliphatic carboxylic acids is 1. The van der Waals surface area contributed by atoms with E-state index in [1.807, 2.05) is 0 Å². The molecule has 0 heterocycles. The van der Waals surface area contributed by atoms with Crippen molar-refractivity contribution in [1.29, 1.82) is 0 Å². The molecule has 0 bridgehead atoms. The minimum atomic E-state index is -1.06. The Bertz CT molecular complexity index is 811. The van der Waals surface area contributed by atoms with E-state index in [0.29, 0.717) is 18.4 Å². The number of hydrogen-bond donors (Lipinski definition) is 2. The Labute approximate surface area is 143 Å². The van der Waals surface area contributed by atoms with Crippen molar-refractivity contribution in [3.05, 3.63) is 70.8 Å². The Balaban J connectivity index is 1.87. The fourth-order valence-corrected chi connectivity index (χ4v) is 3.21. The maximum Gasteiger partial charge on any atom is 0.307 e. The number of rotatable bonds is 5. The highest BCUT2D eigenvalue weighted by atomic mass is 19.1. The fraction of sp³-hybridized carbons (Fsp3) is 0.263. The van der Waals surface area contributed by atoms with Crippen LogP contribution in [0.4, 0.5) is 8.78 Å². The first-order valence-corrected chi connectivity index (χ1v) is 7.99. The largest absolute Gasteiger partial charge is 0.481 e. The Morgan fingerprint density at radius 2 is 1.72 bits per heavy atom. The molecule has 0 atom stereocenters. The second-order valence-electron chi connectivity index (χ2n) is 6.26. The SMILES string of the molecule is O=C(O)Cc1cccc(C(=O)NC2(c3c(F)cccc3F)CCC2)c1. The molecule has 3 rings (SSSR count). The third-order valence-corrected chi connectivity index (χ3v) is 4.55. The number of carbonyl (C=O) groups is 2. The molecule has 0 saturated heterocycles. The van der Waals surface area contributed by atoms with Gasteiger partial charge in [0.15, 0.2) is 0 Å². The summed E-state index contributed by atoms with van der Waals surface area (Å²) in [6.07, 6.45) is 1.46. The number of nitrogens with one attached hydrogen (secondary N) is 1. The molecule has 6 heteroatoms. The molecule has 1 saturated carbocycles. The lowest BCUT2D eigenvalue weighted by Crippen LogP contribution is -2.51. The van der Waals surface area contributed by atoms with Gasteiger partial charge in [0.2, 0.25) is 0 Å². The molecule has 0 aromatic heterocycles. The Kier molecular flexibility index (Phi) is 4.53. The van der Waals surface area contributed by atoms with Crippen LogP contribution in [-0.2, 0) is 16.8 Å². The maximum atomic E-state index is 14.2. The molecule has 4 nitrogen and oxygen atoms in total. The summed E-state index contributed by atoms with van der Waals surface area (Å²) in [7, 11) is 0. The highest BCUT2D eigenvalue weighted by Crippen LogP contribution is 2.43. The number of amides is 1. The monoisotopic (exact) mass is 345 g/mol. The summed E-state index contributed by atoms with van der Waals surface area (Å²) in [6, 6.07) is 9.87. The van der Waals surface area contributed by atoms with Crippen LogP contribution < -0.4 is 5.32 Å². The van der Waals surface area contributed by atoms with Gasteiger partial charge >= 0.3 is 5.97 Å². The summed E-state index contributed by atoms with van der Waals surface area (Å²) >= 11 is 0. The van der Waals surface area contributed by atoms with E-state index in [0.717, 1.165) is 6.42 Å². The molecule has 1 aliphatic rings. The van der Waals surface area contributed by atoms with Gasteiger partial charge in [0.05, 0.1) is 12.0 Å². The third kappa shape index (κ3) is 3.38. The van der Waals surface area contributed by atoms with Gasteiger partial charge in [-0.3, -0.25) is 9.59 Å². The summed E-state index contributed by atoms with van der Waals surface area (Å²) < 4.78 is 28.3. The average molecular weight is 345 g/mol. The van der Waals surface area contributed by atoms with Crippen LogP contribution in [0.15, 0.2) is 42.5 Å². The van der Waals surface area contributed by atoms with Crippen LogP contribution in [0.2, 0.25) is 0 Å². The van der Waals surface area contributed by atoms with E-state index in [1.54, 1.807) is 18.2 Å². The third-order valence-electron chi connectivity index (χ3n) is 4.55. The zero-order valence-corrected chi connectivity index (χ0v) is 13.4. The van der Waals surface area contributed by atoms with Crippen LogP contribution in [0.3, 0.4) is 0 Å². The second kappa shape index (κ2) is 6.63. The van der Waals surface area contributed by atoms with E-state index in [1.165, 1.54) is 24.3 Å². The van der Waals surface area contributed by atoms with Crippen LogP contribution in [0.25, 0.3) is 0 Å². The number of carbonyl (C=O) groups excluding carboxylic acids is 1. The van der Waals surface area contributed by atoms with Gasteiger partial charge in [-0.25, -0.2) is 8.78 Å². The molecule has 0 radical (unpaired) electrons. The van der Waals surface area contributed by atoms with Gasteiger partial charge in [-0.15, -0.1) is 0 Å². The van der Waals surface area contributed by atoms with Crippen molar-refractivity contribution < 1.29 is 23.5 Å². The summed E-state index contributed by atoms with van der Waals surface area (Å²) in [4.78, 5) is 23.4. The molecular formula is C19H17F2NO3. The Morgan fingerprint density at radius 3 is 2.28 bits per heavy atom. The topological polar surface area (TPSA) is 66.4 Å². The normalized spacial score (nSPS) is 15.3. The quantitative estimate of drug-likeness (QED) is 0.873. The number of hydrogen-bond acceptors (Lipinski definition) is 2. The summed E-state index contributed by atoms with van der Waals surface area (Å²) in [6.45, 7) is 0. The van der Waals surface area contributed by atoms with Gasteiger partial charge < -0.3 is 10.4 Å². The lowest BCUT2D eigenvalue weighted by molar-refractivity contribution is -0.136. The molecule has 0 spiro atoms. The molecule has 1 amide bonds. The predicted octanol–water partition coefficient (Wildman–Crippen LogP) is 3.40. The Hall–Kier alpha value is -2.76. The molecule has 2 aromatic carbocycles. The molecule has 130 valence electrons. The fourth-order valence-electron chi connectivity index (χ4n) is 3.21. The Morgan fingerprint density at radius 1 is 1.08 bits per heavy atom. The molecule has 1 aliphatic carbocycles. The predicted molar refractivity (Wildman–Crippen MR) is 87.1 cm³/mol. The molecule has 25 heavy (non-hydrogen) atoms. The molecule has 1 fully saturated rings. The van der Waals surface area contributed by atoms with Gasteiger partial charge in [-0.05, 0) is 49.1 Å². The van der Waals surface area contributed by atoms with Crippen LogP contribution in [0, 0.1) is 11.6 Å². The standard InChI is InChI=1S/C19H17F2NO3/c20-14-6-2-7-15(21)17(14)19(8-3-9-19)22-18(25)13-5-1-4-12(10-13)11-16(23)24/h1-2,4-7,10H,3,8-9,11H2,(H,22,25)(H,23,24). The van der Waals surface area contributed by atoms with Crippen LogP contribution in [0.5, 0.6) is 0 Å². The van der Waals surface area contributed by atoms with Gasteiger partial charge in [-0.1, -0.05) is 18.2 Å². The van der Waals surface area contributed by atoms with E-state index in [9.17, 15) is 18.4 Å². The average Bonchev–Trinajstić information content (AvgIpc) is 2.51. The van der Waals surface area contributed by atoms with Gasteiger partial charge in [0.25, 0.3) is 5.91 Å². The summed E-state index contributed by atoms with van der Waals surface area (Å²) in [5.41, 5.74) is -0.423. The smallest absolute Gasteiger partial charge is 0.307 e. The lowest BCUT2D eigenvalue weighted by Gasteiger charge is -2.43. The van der Waals surface area contributed by atoms with Gasteiger partial charge in [0, 0.05) is 11.1 Å². The van der Waals surface area contributed by atoms with Crippen molar-refractivity contribution in [3.63, 3.8) is 0 Å². The first-order valence-electron chi connectivity index (χ1n) is 7.99. The van der Waals surface area contributed by atoms with Gasteiger partial charge in [0.1, 0.15) is 11.6 Å². The van der Waals surface area contributed by atoms with Crippen molar-refractivity contribution in [3.8, 4) is 0 Å². The first-order chi connectivity index (χ1) is 11.9. The lowest BCUT2D eigenvalue weighted by atomic mass is 9.71.